The van der Waals surface area contributed by atoms with E-state index in [4.69, 9.17) is 25.7 Å². The Balaban J connectivity index is 2.67. The van der Waals surface area contributed by atoms with Crippen molar-refractivity contribution in [3.63, 3.8) is 0 Å². The summed E-state index contributed by atoms with van der Waals surface area (Å²) >= 11 is 0. The Morgan fingerprint density at radius 1 is 0.868 bits per heavy atom. The zero-order valence-electron chi connectivity index (χ0n) is 32.1. The predicted octanol–water partition coefficient (Wildman–Crippen LogP) is 2.01. The number of hydrogen-bond donors (Lipinski definition) is 7. The van der Waals surface area contributed by atoms with Gasteiger partial charge in [-0.25, -0.2) is 4.79 Å². The fourth-order valence-electron chi connectivity index (χ4n) is 6.45. The largest absolute Gasteiger partial charge is 0.480 e. The highest BCUT2D eigenvalue weighted by molar-refractivity contribution is 5.87. The number of esters is 1. The molecular weight excluding hydrogens is 692 g/mol. The van der Waals surface area contributed by atoms with Gasteiger partial charge in [0.1, 0.15) is 43.0 Å². The Hall–Kier alpha value is -2.89. The first kappa shape index (κ1) is 48.1. The number of primary amides is 1. The fraction of sp³-hybridized carbons (Fsp3) is 0.865. The normalized spacial score (nSPS) is 21.7. The molecule has 16 heteroatoms. The minimum absolute atomic E-state index is 0.176. The van der Waals surface area contributed by atoms with E-state index in [2.05, 4.69) is 12.2 Å². The first-order valence-corrected chi connectivity index (χ1v) is 19.5. The van der Waals surface area contributed by atoms with Crippen LogP contribution < -0.4 is 16.8 Å². The smallest absolute Gasteiger partial charge is 0.326 e. The van der Waals surface area contributed by atoms with Crippen LogP contribution in [0.2, 0.25) is 0 Å². The molecule has 16 nitrogen and oxygen atoms in total. The van der Waals surface area contributed by atoms with E-state index in [1.54, 1.807) is 0 Å². The topological polar surface area (TPSA) is 261 Å². The first-order valence-electron chi connectivity index (χ1n) is 19.5. The SMILES string of the molecule is CCCCCCCCCCCCCCCCCC(=O)OC[C@H]1O[C@H](O)[C@H](NC(C)=O)[C@@H](OC(C)CN(C(=O)[C@@H](N)CO)[C@H](CCC(N)=O)C(=O)O)[C@@H]1O. The van der Waals surface area contributed by atoms with Crippen molar-refractivity contribution in [3.8, 4) is 0 Å². The molecule has 0 saturated carbocycles. The number of carbonyl (C=O) groups is 5. The Kier molecular flexibility index (Phi) is 25.1. The maximum Gasteiger partial charge on any atom is 0.326 e. The zero-order chi connectivity index (χ0) is 39.8. The van der Waals surface area contributed by atoms with Crippen LogP contribution in [0.3, 0.4) is 0 Å². The van der Waals surface area contributed by atoms with Gasteiger partial charge in [0.25, 0.3) is 0 Å². The molecule has 53 heavy (non-hydrogen) atoms. The number of unbranched alkanes of at least 4 members (excludes halogenated alkanes) is 14. The molecular formula is C37H68N4O12. The first-order chi connectivity index (χ1) is 25.2. The van der Waals surface area contributed by atoms with Gasteiger partial charge in [-0.3, -0.25) is 19.2 Å². The lowest BCUT2D eigenvalue weighted by atomic mass is 9.96. The molecule has 0 aromatic rings. The van der Waals surface area contributed by atoms with Gasteiger partial charge in [-0.2, -0.15) is 0 Å². The molecule has 8 atom stereocenters. The maximum absolute atomic E-state index is 13.0. The third kappa shape index (κ3) is 19.8. The van der Waals surface area contributed by atoms with Crippen LogP contribution in [0.4, 0.5) is 0 Å². The standard InChI is InChI=1S/C37H68N4O12/c1-4-5-6-7-8-9-10-11-12-13-14-15-16-17-18-19-31(45)51-24-29-33(46)34(32(37(50)53-29)40-26(3)43)52-25(2)22-41(35(47)27(38)23-42)28(36(48)49)20-21-30(39)44/h25,27-29,32-34,37,42,46,50H,4-24,38H2,1-3H3,(H2,39,44)(H,40,43)(H,48,49)/t25?,27-,28+,29+,32+,33+,34+,37-/m0/s1. The van der Waals surface area contributed by atoms with E-state index in [0.717, 1.165) is 24.2 Å². The number of carboxylic acids is 1. The number of carbonyl (C=O) groups excluding carboxylic acids is 4. The van der Waals surface area contributed by atoms with Crippen molar-refractivity contribution in [1.29, 1.82) is 0 Å². The van der Waals surface area contributed by atoms with Crippen LogP contribution in [0.25, 0.3) is 0 Å². The molecule has 1 unspecified atom stereocenters. The summed E-state index contributed by atoms with van der Waals surface area (Å²) < 4.78 is 16.9. The number of aliphatic hydroxyl groups excluding tert-OH is 3. The summed E-state index contributed by atoms with van der Waals surface area (Å²) in [6, 6.07) is -4.34. The number of ether oxygens (including phenoxy) is 3. The van der Waals surface area contributed by atoms with Gasteiger partial charge in [0.05, 0.1) is 12.7 Å². The van der Waals surface area contributed by atoms with Crippen molar-refractivity contribution in [2.45, 2.75) is 185 Å². The van der Waals surface area contributed by atoms with E-state index in [1.807, 2.05) is 0 Å². The van der Waals surface area contributed by atoms with Crippen molar-refractivity contribution < 1.29 is 58.6 Å². The van der Waals surface area contributed by atoms with E-state index in [-0.39, 0.29) is 19.3 Å². The van der Waals surface area contributed by atoms with E-state index in [9.17, 15) is 44.4 Å². The van der Waals surface area contributed by atoms with Gasteiger partial charge >= 0.3 is 11.9 Å². The number of nitrogens with two attached hydrogens (primary N) is 2. The lowest BCUT2D eigenvalue weighted by molar-refractivity contribution is -0.269. The fourth-order valence-corrected chi connectivity index (χ4v) is 6.45. The van der Waals surface area contributed by atoms with Gasteiger partial charge in [-0.1, -0.05) is 96.8 Å². The highest BCUT2D eigenvalue weighted by atomic mass is 16.6. The van der Waals surface area contributed by atoms with Crippen LogP contribution in [0.5, 0.6) is 0 Å². The number of amides is 3. The molecule has 0 spiro atoms. The quantitative estimate of drug-likeness (QED) is 0.0409. The lowest BCUT2D eigenvalue weighted by Gasteiger charge is -2.44. The van der Waals surface area contributed by atoms with Crippen molar-refractivity contribution in [1.82, 2.24) is 10.2 Å². The predicted molar refractivity (Wildman–Crippen MR) is 196 cm³/mol. The summed E-state index contributed by atoms with van der Waals surface area (Å²) in [4.78, 5) is 61.8. The number of nitrogens with zero attached hydrogens (tertiary/aromatic N) is 1. The number of nitrogens with one attached hydrogen (secondary N) is 1. The molecule has 1 aliphatic heterocycles. The van der Waals surface area contributed by atoms with Crippen molar-refractivity contribution >= 4 is 29.7 Å². The average Bonchev–Trinajstić information content (AvgIpc) is 3.10. The Labute approximate surface area is 314 Å². The van der Waals surface area contributed by atoms with E-state index < -0.39 is 98.3 Å². The summed E-state index contributed by atoms with van der Waals surface area (Å²) in [5.41, 5.74) is 10.9. The van der Waals surface area contributed by atoms with Crippen LogP contribution in [-0.4, -0.2) is 124 Å². The zero-order valence-corrected chi connectivity index (χ0v) is 32.1. The highest BCUT2D eigenvalue weighted by Gasteiger charge is 2.47. The van der Waals surface area contributed by atoms with Crippen molar-refractivity contribution in [3.05, 3.63) is 0 Å². The Morgan fingerprint density at radius 3 is 1.87 bits per heavy atom. The summed E-state index contributed by atoms with van der Waals surface area (Å²) in [6.45, 7) is 3.22. The summed E-state index contributed by atoms with van der Waals surface area (Å²) in [5, 5.41) is 43.8. The summed E-state index contributed by atoms with van der Waals surface area (Å²) in [7, 11) is 0. The van der Waals surface area contributed by atoms with E-state index in [0.29, 0.717) is 6.42 Å². The minimum Gasteiger partial charge on any atom is -0.480 e. The molecule has 1 fully saturated rings. The molecule has 0 aromatic heterocycles. The van der Waals surface area contributed by atoms with Gasteiger partial charge in [-0.15, -0.1) is 0 Å². The molecule has 1 aliphatic rings. The molecule has 1 heterocycles. The Bertz CT molecular complexity index is 1080. The second-order valence-corrected chi connectivity index (χ2v) is 14.2. The number of aliphatic carboxylic acids is 1. The van der Waals surface area contributed by atoms with Crippen molar-refractivity contribution in [2.75, 3.05) is 19.8 Å². The minimum atomic E-state index is -1.69. The summed E-state index contributed by atoms with van der Waals surface area (Å²) in [6.07, 6.45) is 10.5. The van der Waals surface area contributed by atoms with Gasteiger partial charge in [-0.05, 0) is 19.8 Å². The molecule has 0 aliphatic carbocycles. The molecule has 308 valence electrons. The number of rotatable bonds is 30. The molecule has 0 aromatic carbocycles. The lowest BCUT2D eigenvalue weighted by Crippen LogP contribution is -2.65. The number of aliphatic hydroxyl groups is 3. The second kappa shape index (κ2) is 27.7. The van der Waals surface area contributed by atoms with Crippen LogP contribution in [0.15, 0.2) is 0 Å². The highest BCUT2D eigenvalue weighted by Crippen LogP contribution is 2.25. The third-order valence-electron chi connectivity index (χ3n) is 9.42. The summed E-state index contributed by atoms with van der Waals surface area (Å²) in [5.74, 6) is -4.27. The molecule has 0 radical (unpaired) electrons. The number of hydrogen-bond acceptors (Lipinski definition) is 12. The molecule has 0 bridgehead atoms. The molecule has 3 amide bonds. The average molecular weight is 761 g/mol. The monoisotopic (exact) mass is 760 g/mol. The van der Waals surface area contributed by atoms with Gasteiger partial charge in [0.15, 0.2) is 6.29 Å². The van der Waals surface area contributed by atoms with Gasteiger partial charge < -0.3 is 56.3 Å². The molecule has 1 saturated heterocycles. The molecule has 1 rings (SSSR count). The number of carboxylic acid groups (broad SMARTS) is 1. The van der Waals surface area contributed by atoms with Gasteiger partial charge in [0.2, 0.25) is 17.7 Å². The third-order valence-corrected chi connectivity index (χ3v) is 9.42. The van der Waals surface area contributed by atoms with E-state index in [1.165, 1.54) is 84.5 Å². The van der Waals surface area contributed by atoms with Crippen LogP contribution >= 0.6 is 0 Å². The van der Waals surface area contributed by atoms with E-state index >= 15 is 0 Å². The van der Waals surface area contributed by atoms with Crippen LogP contribution in [0, 0.1) is 0 Å². The Morgan fingerprint density at radius 2 is 1.40 bits per heavy atom. The second-order valence-electron chi connectivity index (χ2n) is 14.2. The van der Waals surface area contributed by atoms with Crippen LogP contribution in [0.1, 0.15) is 136 Å². The van der Waals surface area contributed by atoms with Gasteiger partial charge in [0, 0.05) is 26.3 Å². The maximum atomic E-state index is 13.0. The molecule has 9 N–H and O–H groups in total. The van der Waals surface area contributed by atoms with Crippen molar-refractivity contribution in [2.24, 2.45) is 11.5 Å². The van der Waals surface area contributed by atoms with Crippen LogP contribution in [-0.2, 0) is 38.2 Å².